The maximum absolute atomic E-state index is 12.0. The molecule has 0 bridgehead atoms. The van der Waals surface area contributed by atoms with E-state index in [1.807, 2.05) is 36.9 Å². The largest absolute Gasteiger partial charge is 0.294 e. The number of thioether (sulfide) groups is 1. The van der Waals surface area contributed by atoms with Crippen molar-refractivity contribution in [2.24, 2.45) is 5.92 Å². The number of fused-ring (bicyclic) bond motifs is 1. The second-order valence-electron chi connectivity index (χ2n) is 3.75. The van der Waals surface area contributed by atoms with Crippen LogP contribution < -0.4 is 0 Å². The third-order valence-corrected chi connectivity index (χ3v) is 3.80. The third kappa shape index (κ3) is 1.85. The molecule has 14 heavy (non-hydrogen) atoms. The summed E-state index contributed by atoms with van der Waals surface area (Å²) in [5.74, 6) is 1.64. The van der Waals surface area contributed by atoms with E-state index in [2.05, 4.69) is 6.07 Å². The van der Waals surface area contributed by atoms with Gasteiger partial charge in [0.1, 0.15) is 0 Å². The molecule has 1 aromatic carbocycles. The highest BCUT2D eigenvalue weighted by molar-refractivity contribution is 7.99. The molecule has 1 heterocycles. The highest BCUT2D eigenvalue weighted by Crippen LogP contribution is 2.29. The summed E-state index contributed by atoms with van der Waals surface area (Å²) < 4.78 is 0. The molecule has 0 saturated carbocycles. The Kier molecular flexibility index (Phi) is 2.92. The van der Waals surface area contributed by atoms with Gasteiger partial charge in [-0.1, -0.05) is 25.1 Å². The summed E-state index contributed by atoms with van der Waals surface area (Å²) in [6, 6.07) is 7.96. The highest BCUT2D eigenvalue weighted by Gasteiger charge is 2.20. The molecule has 0 radical (unpaired) electrons. The van der Waals surface area contributed by atoms with Crippen LogP contribution in [0.5, 0.6) is 0 Å². The molecule has 0 amide bonds. The lowest BCUT2D eigenvalue weighted by atomic mass is 9.95. The molecule has 2 heteroatoms. The zero-order valence-electron chi connectivity index (χ0n) is 8.32. The first kappa shape index (κ1) is 9.78. The Bertz CT molecular complexity index is 346. The first-order chi connectivity index (χ1) is 6.79. The van der Waals surface area contributed by atoms with E-state index in [-0.39, 0.29) is 5.92 Å². The first-order valence-corrected chi connectivity index (χ1v) is 6.03. The van der Waals surface area contributed by atoms with Gasteiger partial charge < -0.3 is 0 Å². The van der Waals surface area contributed by atoms with Crippen LogP contribution in [0.1, 0.15) is 30.1 Å². The van der Waals surface area contributed by atoms with E-state index in [0.717, 1.165) is 29.1 Å². The monoisotopic (exact) mass is 206 g/mol. The van der Waals surface area contributed by atoms with Crippen LogP contribution in [0.2, 0.25) is 0 Å². The second kappa shape index (κ2) is 4.18. The molecule has 0 saturated heterocycles. The standard InChI is InChI=1S/C12H14OS/c1-9-5-4-8-14-11-7-3-2-6-10(11)12(9)13/h2-3,6-7,9H,4-5,8H2,1H3. The minimum absolute atomic E-state index is 0.192. The van der Waals surface area contributed by atoms with Crippen molar-refractivity contribution in [3.05, 3.63) is 29.8 Å². The molecule has 1 aliphatic heterocycles. The number of hydrogen-bond acceptors (Lipinski definition) is 2. The Morgan fingerprint density at radius 1 is 1.36 bits per heavy atom. The van der Waals surface area contributed by atoms with Crippen LogP contribution in [-0.2, 0) is 0 Å². The molecule has 1 atom stereocenters. The smallest absolute Gasteiger partial charge is 0.166 e. The minimum atomic E-state index is 0.192. The van der Waals surface area contributed by atoms with Crippen molar-refractivity contribution < 1.29 is 4.79 Å². The van der Waals surface area contributed by atoms with Crippen LogP contribution in [0, 0.1) is 5.92 Å². The quantitative estimate of drug-likeness (QED) is 0.647. The molecule has 1 unspecified atom stereocenters. The lowest BCUT2D eigenvalue weighted by Gasteiger charge is -2.16. The third-order valence-electron chi connectivity index (χ3n) is 2.64. The molecular weight excluding hydrogens is 192 g/mol. The van der Waals surface area contributed by atoms with Gasteiger partial charge in [0.2, 0.25) is 0 Å². The van der Waals surface area contributed by atoms with Crippen molar-refractivity contribution in [1.82, 2.24) is 0 Å². The molecular formula is C12H14OS. The van der Waals surface area contributed by atoms with Crippen LogP contribution in [-0.4, -0.2) is 11.5 Å². The van der Waals surface area contributed by atoms with E-state index in [9.17, 15) is 4.79 Å². The first-order valence-electron chi connectivity index (χ1n) is 5.05. The van der Waals surface area contributed by atoms with Crippen LogP contribution in [0.15, 0.2) is 29.2 Å². The van der Waals surface area contributed by atoms with Gasteiger partial charge in [-0.3, -0.25) is 4.79 Å². The average molecular weight is 206 g/mol. The van der Waals surface area contributed by atoms with Crippen molar-refractivity contribution >= 4 is 17.5 Å². The molecule has 1 aliphatic rings. The Hall–Kier alpha value is -0.760. The van der Waals surface area contributed by atoms with Crippen LogP contribution in [0.4, 0.5) is 0 Å². The molecule has 1 aromatic rings. The van der Waals surface area contributed by atoms with Gasteiger partial charge in [0.05, 0.1) is 0 Å². The summed E-state index contributed by atoms with van der Waals surface area (Å²) >= 11 is 1.81. The Balaban J connectivity index is 2.40. The molecule has 0 fully saturated rings. The molecule has 1 nitrogen and oxygen atoms in total. The van der Waals surface area contributed by atoms with E-state index in [1.165, 1.54) is 0 Å². The van der Waals surface area contributed by atoms with E-state index >= 15 is 0 Å². The summed E-state index contributed by atoms with van der Waals surface area (Å²) in [7, 11) is 0. The highest BCUT2D eigenvalue weighted by atomic mass is 32.2. The molecule has 0 aromatic heterocycles. The Morgan fingerprint density at radius 3 is 3.00 bits per heavy atom. The number of benzene rings is 1. The number of hydrogen-bond donors (Lipinski definition) is 0. The second-order valence-corrected chi connectivity index (χ2v) is 4.89. The number of ketones is 1. The van der Waals surface area contributed by atoms with Gasteiger partial charge in [-0.2, -0.15) is 0 Å². The van der Waals surface area contributed by atoms with Gasteiger partial charge in [0.15, 0.2) is 5.78 Å². The number of carbonyl (C=O) groups excluding carboxylic acids is 1. The van der Waals surface area contributed by atoms with Gasteiger partial charge in [-0.05, 0) is 24.7 Å². The zero-order chi connectivity index (χ0) is 9.97. The number of rotatable bonds is 0. The summed E-state index contributed by atoms with van der Waals surface area (Å²) in [5, 5.41) is 0. The van der Waals surface area contributed by atoms with Crippen LogP contribution in [0.25, 0.3) is 0 Å². The minimum Gasteiger partial charge on any atom is -0.294 e. The van der Waals surface area contributed by atoms with Crippen molar-refractivity contribution in [2.45, 2.75) is 24.7 Å². The van der Waals surface area contributed by atoms with Crippen molar-refractivity contribution in [1.29, 1.82) is 0 Å². The van der Waals surface area contributed by atoms with E-state index in [0.29, 0.717) is 5.78 Å². The normalized spacial score (nSPS) is 22.4. The molecule has 74 valence electrons. The summed E-state index contributed by atoms with van der Waals surface area (Å²) in [5.41, 5.74) is 0.921. The predicted octanol–water partition coefficient (Wildman–Crippen LogP) is 3.39. The number of carbonyl (C=O) groups is 1. The van der Waals surface area contributed by atoms with E-state index < -0.39 is 0 Å². The van der Waals surface area contributed by atoms with Gasteiger partial charge in [0.25, 0.3) is 0 Å². The Labute approximate surface area is 88.9 Å². The molecule has 0 N–H and O–H groups in total. The van der Waals surface area contributed by atoms with Gasteiger partial charge in [-0.25, -0.2) is 0 Å². The zero-order valence-corrected chi connectivity index (χ0v) is 9.14. The predicted molar refractivity (Wildman–Crippen MR) is 59.9 cm³/mol. The summed E-state index contributed by atoms with van der Waals surface area (Å²) in [6.07, 6.45) is 2.17. The molecule has 0 aliphatic carbocycles. The molecule has 2 rings (SSSR count). The number of Topliss-reactive ketones (excluding diaryl/α,β-unsaturated/α-hetero) is 1. The Morgan fingerprint density at radius 2 is 2.14 bits per heavy atom. The fourth-order valence-electron chi connectivity index (χ4n) is 1.76. The molecule has 0 spiro atoms. The lowest BCUT2D eigenvalue weighted by Crippen LogP contribution is -2.14. The van der Waals surface area contributed by atoms with Crippen molar-refractivity contribution in [2.75, 3.05) is 5.75 Å². The van der Waals surface area contributed by atoms with Crippen molar-refractivity contribution in [3.63, 3.8) is 0 Å². The summed E-state index contributed by atoms with van der Waals surface area (Å²) in [4.78, 5) is 13.1. The SMILES string of the molecule is CC1CCCSc2ccccc2C1=O. The van der Waals surface area contributed by atoms with Crippen LogP contribution >= 0.6 is 11.8 Å². The average Bonchev–Trinajstić information content (AvgIpc) is 2.22. The fourth-order valence-corrected chi connectivity index (χ4v) is 2.79. The summed E-state index contributed by atoms with van der Waals surface area (Å²) in [6.45, 7) is 2.04. The maximum Gasteiger partial charge on any atom is 0.166 e. The lowest BCUT2D eigenvalue weighted by molar-refractivity contribution is 0.0920. The van der Waals surface area contributed by atoms with Crippen molar-refractivity contribution in [3.8, 4) is 0 Å². The van der Waals surface area contributed by atoms with Gasteiger partial charge >= 0.3 is 0 Å². The van der Waals surface area contributed by atoms with E-state index in [1.54, 1.807) is 0 Å². The van der Waals surface area contributed by atoms with Gasteiger partial charge in [-0.15, -0.1) is 11.8 Å². The topological polar surface area (TPSA) is 17.1 Å². The van der Waals surface area contributed by atoms with Crippen LogP contribution in [0.3, 0.4) is 0 Å². The maximum atomic E-state index is 12.0. The van der Waals surface area contributed by atoms with E-state index in [4.69, 9.17) is 0 Å². The fraction of sp³-hybridized carbons (Fsp3) is 0.417. The van der Waals surface area contributed by atoms with Gasteiger partial charge in [0, 0.05) is 16.4 Å².